The molecule has 0 saturated carbocycles. The molecule has 0 radical (unpaired) electrons. The molecule has 0 saturated heterocycles. The Labute approximate surface area is 92.3 Å². The van der Waals surface area contributed by atoms with E-state index in [1.54, 1.807) is 6.92 Å². The van der Waals surface area contributed by atoms with Crippen LogP contribution in [0.15, 0.2) is 18.2 Å². The van der Waals surface area contributed by atoms with Crippen LogP contribution < -0.4 is 4.74 Å². The van der Waals surface area contributed by atoms with Crippen molar-refractivity contribution >= 4 is 0 Å². The van der Waals surface area contributed by atoms with Gasteiger partial charge in [-0.1, -0.05) is 6.92 Å². The number of ether oxygens (including phenoxy) is 1. The van der Waals surface area contributed by atoms with E-state index in [1.807, 2.05) is 0 Å². The topological polar surface area (TPSA) is 49.7 Å². The fourth-order valence-corrected chi connectivity index (χ4v) is 1.13. The van der Waals surface area contributed by atoms with Crippen molar-refractivity contribution in [3.05, 3.63) is 29.8 Å². The van der Waals surface area contributed by atoms with Crippen molar-refractivity contribution in [1.82, 2.24) is 0 Å². The SMILES string of the molecule is CC(COc1cc(F)cc(F)c1)C(O)CO. The summed E-state index contributed by atoms with van der Waals surface area (Å²) in [4.78, 5) is 0. The lowest BCUT2D eigenvalue weighted by atomic mass is 10.1. The van der Waals surface area contributed by atoms with Gasteiger partial charge in [0.25, 0.3) is 0 Å². The van der Waals surface area contributed by atoms with Gasteiger partial charge in [-0.2, -0.15) is 0 Å². The molecule has 0 aliphatic rings. The summed E-state index contributed by atoms with van der Waals surface area (Å²) < 4.78 is 30.6. The second-order valence-electron chi connectivity index (χ2n) is 3.64. The molecule has 0 aromatic heterocycles. The highest BCUT2D eigenvalue weighted by molar-refractivity contribution is 5.23. The molecule has 0 aliphatic carbocycles. The summed E-state index contributed by atoms with van der Waals surface area (Å²) in [5, 5.41) is 17.9. The second-order valence-corrected chi connectivity index (χ2v) is 3.64. The Morgan fingerprint density at radius 1 is 1.25 bits per heavy atom. The summed E-state index contributed by atoms with van der Waals surface area (Å²) in [5.41, 5.74) is 0. The van der Waals surface area contributed by atoms with Gasteiger partial charge in [-0.25, -0.2) is 8.78 Å². The van der Waals surface area contributed by atoms with E-state index in [1.165, 1.54) is 0 Å². The van der Waals surface area contributed by atoms with E-state index in [0.29, 0.717) is 0 Å². The molecule has 5 heteroatoms. The summed E-state index contributed by atoms with van der Waals surface area (Å²) in [6.45, 7) is 1.36. The minimum atomic E-state index is -0.904. The summed E-state index contributed by atoms with van der Waals surface area (Å²) in [6.07, 6.45) is -0.904. The summed E-state index contributed by atoms with van der Waals surface area (Å²) in [6, 6.07) is 2.86. The number of hydrogen-bond donors (Lipinski definition) is 2. The lowest BCUT2D eigenvalue weighted by Crippen LogP contribution is -2.26. The van der Waals surface area contributed by atoms with Gasteiger partial charge in [0.05, 0.1) is 19.3 Å². The molecule has 90 valence electrons. The molecule has 1 rings (SSSR count). The summed E-state index contributed by atoms with van der Waals surface area (Å²) in [7, 11) is 0. The average molecular weight is 232 g/mol. The van der Waals surface area contributed by atoms with Gasteiger partial charge in [0.1, 0.15) is 17.4 Å². The number of benzene rings is 1. The molecule has 2 unspecified atom stereocenters. The molecule has 0 amide bonds. The largest absolute Gasteiger partial charge is 0.493 e. The zero-order valence-corrected chi connectivity index (χ0v) is 8.86. The molecule has 2 N–H and O–H groups in total. The Morgan fingerprint density at radius 3 is 2.31 bits per heavy atom. The summed E-state index contributed by atoms with van der Waals surface area (Å²) >= 11 is 0. The van der Waals surface area contributed by atoms with E-state index in [2.05, 4.69) is 0 Å². The fraction of sp³-hybridized carbons (Fsp3) is 0.455. The monoisotopic (exact) mass is 232 g/mol. The number of rotatable bonds is 5. The smallest absolute Gasteiger partial charge is 0.129 e. The van der Waals surface area contributed by atoms with Crippen LogP contribution in [-0.2, 0) is 0 Å². The van der Waals surface area contributed by atoms with Crippen molar-refractivity contribution in [1.29, 1.82) is 0 Å². The normalized spacial score (nSPS) is 14.6. The average Bonchev–Trinajstić information content (AvgIpc) is 2.23. The highest BCUT2D eigenvalue weighted by Gasteiger charge is 2.14. The van der Waals surface area contributed by atoms with Gasteiger partial charge in [-0.05, 0) is 0 Å². The van der Waals surface area contributed by atoms with Crippen LogP contribution in [0.25, 0.3) is 0 Å². The van der Waals surface area contributed by atoms with Crippen molar-refractivity contribution in [2.45, 2.75) is 13.0 Å². The van der Waals surface area contributed by atoms with Crippen LogP contribution in [0, 0.1) is 17.6 Å². The maximum absolute atomic E-state index is 12.8. The first-order chi connectivity index (χ1) is 7.52. The minimum absolute atomic E-state index is 0.0643. The molecule has 1 aromatic carbocycles. The van der Waals surface area contributed by atoms with Crippen LogP contribution in [-0.4, -0.2) is 29.5 Å². The van der Waals surface area contributed by atoms with Gasteiger partial charge in [-0.3, -0.25) is 0 Å². The van der Waals surface area contributed by atoms with Crippen molar-refractivity contribution in [3.8, 4) is 5.75 Å². The highest BCUT2D eigenvalue weighted by atomic mass is 19.1. The minimum Gasteiger partial charge on any atom is -0.493 e. The maximum atomic E-state index is 12.8. The molecule has 2 atom stereocenters. The molecular formula is C11H14F2O3. The number of aliphatic hydroxyl groups is 2. The Kier molecular flexibility index (Phi) is 4.64. The van der Waals surface area contributed by atoms with E-state index >= 15 is 0 Å². The van der Waals surface area contributed by atoms with Gasteiger partial charge < -0.3 is 14.9 Å². The van der Waals surface area contributed by atoms with Gasteiger partial charge in [0.15, 0.2) is 0 Å². The second kappa shape index (κ2) is 5.77. The van der Waals surface area contributed by atoms with Crippen LogP contribution >= 0.6 is 0 Å². The molecule has 1 aromatic rings. The highest BCUT2D eigenvalue weighted by Crippen LogP contribution is 2.16. The standard InChI is InChI=1S/C11H14F2O3/c1-7(11(15)5-14)6-16-10-3-8(12)2-9(13)4-10/h2-4,7,11,14-15H,5-6H2,1H3. The fourth-order valence-electron chi connectivity index (χ4n) is 1.13. The van der Waals surface area contributed by atoms with E-state index in [4.69, 9.17) is 9.84 Å². The number of halogens is 2. The zero-order valence-electron chi connectivity index (χ0n) is 8.86. The zero-order chi connectivity index (χ0) is 12.1. The molecule has 0 aliphatic heterocycles. The number of aliphatic hydroxyl groups excluding tert-OH is 2. The molecular weight excluding hydrogens is 218 g/mol. The predicted molar refractivity (Wildman–Crippen MR) is 54.1 cm³/mol. The van der Waals surface area contributed by atoms with Crippen molar-refractivity contribution in [3.63, 3.8) is 0 Å². The van der Waals surface area contributed by atoms with E-state index in [-0.39, 0.29) is 24.9 Å². The molecule has 0 spiro atoms. The third kappa shape index (κ3) is 3.75. The van der Waals surface area contributed by atoms with E-state index in [0.717, 1.165) is 18.2 Å². The lowest BCUT2D eigenvalue weighted by Gasteiger charge is -2.17. The first-order valence-corrected chi connectivity index (χ1v) is 4.90. The van der Waals surface area contributed by atoms with Crippen LogP contribution in [0.2, 0.25) is 0 Å². The van der Waals surface area contributed by atoms with Gasteiger partial charge in [0, 0.05) is 24.1 Å². The first kappa shape index (κ1) is 12.9. The molecule has 16 heavy (non-hydrogen) atoms. The van der Waals surface area contributed by atoms with Crippen LogP contribution in [0.4, 0.5) is 8.78 Å². The molecule has 0 bridgehead atoms. The third-order valence-corrected chi connectivity index (χ3v) is 2.19. The molecule has 3 nitrogen and oxygen atoms in total. The van der Waals surface area contributed by atoms with Crippen molar-refractivity contribution < 1.29 is 23.7 Å². The Balaban J connectivity index is 2.54. The first-order valence-electron chi connectivity index (χ1n) is 4.90. The van der Waals surface area contributed by atoms with Gasteiger partial charge in [0.2, 0.25) is 0 Å². The molecule has 0 fully saturated rings. The Hall–Kier alpha value is -1.20. The maximum Gasteiger partial charge on any atom is 0.129 e. The predicted octanol–water partition coefficient (Wildman–Crippen LogP) is 1.33. The van der Waals surface area contributed by atoms with Crippen LogP contribution in [0.5, 0.6) is 5.75 Å². The van der Waals surface area contributed by atoms with Crippen molar-refractivity contribution in [2.24, 2.45) is 5.92 Å². The van der Waals surface area contributed by atoms with Crippen molar-refractivity contribution in [2.75, 3.05) is 13.2 Å². The third-order valence-electron chi connectivity index (χ3n) is 2.19. The van der Waals surface area contributed by atoms with Crippen LogP contribution in [0.3, 0.4) is 0 Å². The lowest BCUT2D eigenvalue weighted by molar-refractivity contribution is 0.0347. The van der Waals surface area contributed by atoms with Gasteiger partial charge >= 0.3 is 0 Å². The van der Waals surface area contributed by atoms with E-state index < -0.39 is 17.7 Å². The van der Waals surface area contributed by atoms with Gasteiger partial charge in [-0.15, -0.1) is 0 Å². The number of hydrogen-bond acceptors (Lipinski definition) is 3. The molecule has 0 heterocycles. The Morgan fingerprint density at radius 2 is 1.81 bits per heavy atom. The Bertz CT molecular complexity index is 324. The van der Waals surface area contributed by atoms with E-state index in [9.17, 15) is 13.9 Å². The summed E-state index contributed by atoms with van der Waals surface area (Å²) in [5.74, 6) is -1.69. The quantitative estimate of drug-likeness (QED) is 0.805. The van der Waals surface area contributed by atoms with Crippen LogP contribution in [0.1, 0.15) is 6.92 Å².